The van der Waals surface area contributed by atoms with Crippen LogP contribution in [-0.2, 0) is 20.5 Å². The Hall–Kier alpha value is -1.80. The molecule has 0 aliphatic carbocycles. The summed E-state index contributed by atoms with van der Waals surface area (Å²) < 4.78 is 42.7. The lowest BCUT2D eigenvalue weighted by Gasteiger charge is -2.11. The zero-order valence-electron chi connectivity index (χ0n) is 12.3. The summed E-state index contributed by atoms with van der Waals surface area (Å²) in [6.45, 7) is 0.802. The summed E-state index contributed by atoms with van der Waals surface area (Å²) in [5, 5.41) is 4.64. The van der Waals surface area contributed by atoms with Crippen LogP contribution in [-0.4, -0.2) is 32.1 Å². The molecule has 0 atom stereocenters. The molecule has 0 aromatic heterocycles. The van der Waals surface area contributed by atoms with Gasteiger partial charge in [-0.05, 0) is 24.6 Å². The molecule has 1 aromatic carbocycles. The van der Waals surface area contributed by atoms with E-state index in [9.17, 15) is 22.8 Å². The fourth-order valence-corrected chi connectivity index (χ4v) is 1.81. The third kappa shape index (κ3) is 6.87. The van der Waals surface area contributed by atoms with Crippen LogP contribution in [0, 0.1) is 0 Å². The van der Waals surface area contributed by atoms with Crippen LogP contribution in [0.5, 0.6) is 0 Å². The predicted octanol–water partition coefficient (Wildman–Crippen LogP) is 2.84. The van der Waals surface area contributed by atoms with Crippen LogP contribution in [0.15, 0.2) is 18.2 Å². The maximum atomic E-state index is 12.6. The Balaban J connectivity index is 2.58. The van der Waals surface area contributed by atoms with Gasteiger partial charge in [0.05, 0.1) is 16.3 Å². The van der Waals surface area contributed by atoms with Gasteiger partial charge in [-0.1, -0.05) is 11.6 Å². The van der Waals surface area contributed by atoms with Gasteiger partial charge in [0, 0.05) is 20.3 Å². The van der Waals surface area contributed by atoms with E-state index in [4.69, 9.17) is 16.3 Å². The van der Waals surface area contributed by atoms with E-state index in [-0.39, 0.29) is 10.7 Å². The number of anilines is 1. The van der Waals surface area contributed by atoms with Gasteiger partial charge in [-0.3, -0.25) is 9.59 Å². The first-order chi connectivity index (χ1) is 10.7. The smallest absolute Gasteiger partial charge is 0.385 e. The summed E-state index contributed by atoms with van der Waals surface area (Å²) in [5.41, 5.74) is -1.14. The highest BCUT2D eigenvalue weighted by molar-refractivity contribution is 6.33. The molecule has 0 radical (unpaired) electrons. The number of halogens is 4. The number of alkyl halides is 3. The van der Waals surface area contributed by atoms with Gasteiger partial charge < -0.3 is 15.4 Å². The van der Waals surface area contributed by atoms with Gasteiger partial charge in [-0.2, -0.15) is 13.2 Å². The van der Waals surface area contributed by atoms with E-state index in [0.717, 1.165) is 18.2 Å². The average molecular weight is 353 g/mol. The van der Waals surface area contributed by atoms with E-state index < -0.39 is 30.0 Å². The second-order valence-electron chi connectivity index (χ2n) is 4.61. The normalized spacial score (nSPS) is 11.2. The largest absolute Gasteiger partial charge is 0.416 e. The molecule has 0 heterocycles. The molecule has 0 unspecified atom stereocenters. The highest BCUT2D eigenvalue weighted by atomic mass is 35.5. The first-order valence-corrected chi connectivity index (χ1v) is 7.04. The standard InChI is InChI=1S/C14H16ClF3N2O3/c1-23-6-2-5-19-12(21)8-13(22)20-11-7-9(14(16,17)18)3-4-10(11)15/h3-4,7H,2,5-6,8H2,1H3,(H,19,21)(H,20,22). The number of hydrogen-bond donors (Lipinski definition) is 2. The number of amides is 2. The number of benzene rings is 1. The Labute approximate surface area is 136 Å². The van der Waals surface area contributed by atoms with E-state index in [1.165, 1.54) is 7.11 Å². The molecule has 0 spiro atoms. The number of carbonyl (C=O) groups excluding carboxylic acids is 2. The van der Waals surface area contributed by atoms with Crippen molar-refractivity contribution < 1.29 is 27.5 Å². The lowest BCUT2D eigenvalue weighted by molar-refractivity contribution is -0.137. The van der Waals surface area contributed by atoms with Crippen molar-refractivity contribution in [3.63, 3.8) is 0 Å². The quantitative estimate of drug-likeness (QED) is 0.585. The second-order valence-corrected chi connectivity index (χ2v) is 5.02. The summed E-state index contributed by atoms with van der Waals surface area (Å²) in [6, 6.07) is 2.56. The number of nitrogens with one attached hydrogen (secondary N) is 2. The molecule has 9 heteroatoms. The van der Waals surface area contributed by atoms with Gasteiger partial charge in [0.2, 0.25) is 11.8 Å². The fourth-order valence-electron chi connectivity index (χ4n) is 1.64. The third-order valence-electron chi connectivity index (χ3n) is 2.74. The highest BCUT2D eigenvalue weighted by Crippen LogP contribution is 2.33. The lowest BCUT2D eigenvalue weighted by Crippen LogP contribution is -2.29. The summed E-state index contributed by atoms with van der Waals surface area (Å²) >= 11 is 5.75. The minimum absolute atomic E-state index is 0.0492. The van der Waals surface area contributed by atoms with E-state index in [1.54, 1.807) is 0 Å². The summed E-state index contributed by atoms with van der Waals surface area (Å²) in [4.78, 5) is 23.2. The first kappa shape index (κ1) is 19.2. The molecule has 0 aliphatic heterocycles. The molecule has 1 aromatic rings. The Kier molecular flexibility index (Phi) is 7.31. The number of methoxy groups -OCH3 is 1. The van der Waals surface area contributed by atoms with E-state index >= 15 is 0 Å². The Morgan fingerprint density at radius 1 is 1.26 bits per heavy atom. The SMILES string of the molecule is COCCCNC(=O)CC(=O)Nc1cc(C(F)(F)F)ccc1Cl. The van der Waals surface area contributed by atoms with Crippen LogP contribution in [0.1, 0.15) is 18.4 Å². The lowest BCUT2D eigenvalue weighted by atomic mass is 10.2. The van der Waals surface area contributed by atoms with Crippen LogP contribution in [0.25, 0.3) is 0 Å². The molecule has 2 amide bonds. The van der Waals surface area contributed by atoms with E-state index in [2.05, 4.69) is 10.6 Å². The molecular weight excluding hydrogens is 337 g/mol. The number of hydrogen-bond acceptors (Lipinski definition) is 3. The van der Waals surface area contributed by atoms with Gasteiger partial charge in [0.25, 0.3) is 0 Å². The first-order valence-electron chi connectivity index (χ1n) is 6.66. The number of carbonyl (C=O) groups is 2. The molecule has 0 aliphatic rings. The van der Waals surface area contributed by atoms with Crippen molar-refractivity contribution in [1.29, 1.82) is 0 Å². The van der Waals surface area contributed by atoms with Crippen molar-refractivity contribution in [1.82, 2.24) is 5.32 Å². The Morgan fingerprint density at radius 3 is 2.57 bits per heavy atom. The van der Waals surface area contributed by atoms with Crippen LogP contribution in [0.2, 0.25) is 5.02 Å². The van der Waals surface area contributed by atoms with Crippen molar-refractivity contribution >= 4 is 29.1 Å². The Morgan fingerprint density at radius 2 is 1.96 bits per heavy atom. The molecule has 2 N–H and O–H groups in total. The number of rotatable bonds is 7. The zero-order chi connectivity index (χ0) is 17.5. The van der Waals surface area contributed by atoms with Gasteiger partial charge in [-0.25, -0.2) is 0 Å². The van der Waals surface area contributed by atoms with Gasteiger partial charge in [0.15, 0.2) is 0 Å². The minimum atomic E-state index is -4.55. The maximum Gasteiger partial charge on any atom is 0.416 e. The van der Waals surface area contributed by atoms with Gasteiger partial charge in [-0.15, -0.1) is 0 Å². The molecule has 0 bridgehead atoms. The van der Waals surface area contributed by atoms with E-state index in [0.29, 0.717) is 19.6 Å². The molecule has 128 valence electrons. The molecule has 0 saturated carbocycles. The monoisotopic (exact) mass is 352 g/mol. The topological polar surface area (TPSA) is 67.4 Å². The molecule has 0 saturated heterocycles. The number of ether oxygens (including phenoxy) is 1. The van der Waals surface area contributed by atoms with Crippen LogP contribution in [0.4, 0.5) is 18.9 Å². The minimum Gasteiger partial charge on any atom is -0.385 e. The van der Waals surface area contributed by atoms with Crippen molar-refractivity contribution in [3.05, 3.63) is 28.8 Å². The van der Waals surface area contributed by atoms with Crippen molar-refractivity contribution in [2.45, 2.75) is 19.0 Å². The maximum absolute atomic E-state index is 12.6. The molecular formula is C14H16ClF3N2O3. The summed E-state index contributed by atoms with van der Waals surface area (Å²) in [7, 11) is 1.52. The average Bonchev–Trinajstić information content (AvgIpc) is 2.44. The molecule has 0 fully saturated rings. The van der Waals surface area contributed by atoms with Crippen LogP contribution >= 0.6 is 11.6 Å². The predicted molar refractivity (Wildman–Crippen MR) is 79.2 cm³/mol. The summed E-state index contributed by atoms with van der Waals surface area (Å²) in [6.07, 6.45) is -4.48. The van der Waals surface area contributed by atoms with Crippen LogP contribution in [0.3, 0.4) is 0 Å². The fraction of sp³-hybridized carbons (Fsp3) is 0.429. The highest BCUT2D eigenvalue weighted by Gasteiger charge is 2.31. The summed E-state index contributed by atoms with van der Waals surface area (Å²) in [5.74, 6) is -1.29. The van der Waals surface area contributed by atoms with Crippen molar-refractivity contribution in [2.75, 3.05) is 25.6 Å². The van der Waals surface area contributed by atoms with Gasteiger partial charge in [0.1, 0.15) is 6.42 Å². The Bertz CT molecular complexity index is 565. The van der Waals surface area contributed by atoms with Crippen molar-refractivity contribution in [3.8, 4) is 0 Å². The van der Waals surface area contributed by atoms with Gasteiger partial charge >= 0.3 is 6.18 Å². The van der Waals surface area contributed by atoms with Crippen LogP contribution < -0.4 is 10.6 Å². The zero-order valence-corrected chi connectivity index (χ0v) is 13.1. The van der Waals surface area contributed by atoms with Crippen molar-refractivity contribution in [2.24, 2.45) is 0 Å². The third-order valence-corrected chi connectivity index (χ3v) is 3.07. The molecule has 23 heavy (non-hydrogen) atoms. The second kappa shape index (κ2) is 8.73. The molecule has 1 rings (SSSR count). The molecule has 5 nitrogen and oxygen atoms in total. The van der Waals surface area contributed by atoms with E-state index in [1.807, 2.05) is 0 Å².